The number of carboxylic acid groups (broad SMARTS) is 1. The van der Waals surface area contributed by atoms with Crippen LogP contribution >= 0.6 is 22.9 Å². The van der Waals surface area contributed by atoms with E-state index in [0.717, 1.165) is 0 Å². The topological polar surface area (TPSA) is 66.8 Å². The molecule has 1 amide bonds. The second kappa shape index (κ2) is 6.93. The number of ether oxygens (including phenoxy) is 1. The second-order valence-corrected chi connectivity index (χ2v) is 5.58. The molecule has 0 saturated carbocycles. The normalized spacial score (nSPS) is 11.0. The summed E-state index contributed by atoms with van der Waals surface area (Å²) in [6.45, 7) is 5.92. The van der Waals surface area contributed by atoms with Crippen LogP contribution in [0.2, 0.25) is 0 Å². The number of aliphatic carboxylic acids is 1. The minimum atomic E-state index is -0.808. The lowest BCUT2D eigenvalue weighted by atomic mass is 10.2. The van der Waals surface area contributed by atoms with Crippen LogP contribution in [0.4, 0.5) is 4.79 Å². The van der Waals surface area contributed by atoms with Gasteiger partial charge in [-0.1, -0.05) is 0 Å². The van der Waals surface area contributed by atoms with E-state index in [1.807, 2.05) is 22.9 Å². The molecule has 6 heteroatoms. The first-order valence-corrected chi connectivity index (χ1v) is 6.07. The molecule has 1 N–H and O–H groups in total. The highest BCUT2D eigenvalue weighted by Gasteiger charge is 2.20. The van der Waals surface area contributed by atoms with Crippen molar-refractivity contribution < 1.29 is 19.4 Å². The van der Waals surface area contributed by atoms with Gasteiger partial charge in [0.25, 0.3) is 0 Å². The molecule has 0 spiro atoms. The molecule has 5 nitrogen and oxygen atoms in total. The highest BCUT2D eigenvalue weighted by atomic mass is 127. The van der Waals surface area contributed by atoms with Gasteiger partial charge in [0.05, 0.1) is 22.9 Å². The fraction of sp³-hybridized carbons (Fsp3) is 0.800. The average Bonchev–Trinajstić information content (AvgIpc) is 2.08. The Hall–Kier alpha value is -0.530. The van der Waals surface area contributed by atoms with Gasteiger partial charge in [0.2, 0.25) is 0 Å². The molecular weight excluding hydrogens is 325 g/mol. The number of rotatable bonds is 5. The van der Waals surface area contributed by atoms with Gasteiger partial charge in [0.1, 0.15) is 5.60 Å². The van der Waals surface area contributed by atoms with Crippen molar-refractivity contribution in [3.63, 3.8) is 0 Å². The van der Waals surface area contributed by atoms with Crippen molar-refractivity contribution in [3.8, 4) is 0 Å². The molecule has 16 heavy (non-hydrogen) atoms. The molecule has 0 aromatic carbocycles. The summed E-state index contributed by atoms with van der Waals surface area (Å²) >= 11 is 1.88. The molecule has 0 aliphatic heterocycles. The van der Waals surface area contributed by atoms with Gasteiger partial charge >= 0.3 is 12.1 Å². The summed E-state index contributed by atoms with van der Waals surface area (Å²) in [5, 5.41) is 8.43. The zero-order chi connectivity index (χ0) is 12.8. The van der Waals surface area contributed by atoms with Crippen LogP contribution in [0.25, 0.3) is 0 Å². The Morgan fingerprint density at radius 3 is 2.31 bits per heavy atom. The lowest BCUT2D eigenvalue weighted by Crippen LogP contribution is -2.31. The molecule has 0 radical (unpaired) electrons. The van der Waals surface area contributed by atoms with Crippen LogP contribution in [0.3, 0.4) is 0 Å². The number of hydrogen-bond acceptors (Lipinski definition) is 3. The van der Waals surface area contributed by atoms with Gasteiger partial charge in [-0.3, -0.25) is 4.79 Å². The van der Waals surface area contributed by atoms with Crippen molar-refractivity contribution >= 4 is 34.9 Å². The third-order valence-corrected chi connectivity index (χ3v) is 2.46. The summed E-state index contributed by atoms with van der Waals surface area (Å²) in [6.07, 6.45) is 0.980. The molecule has 0 aliphatic rings. The SMILES string of the molecule is CC(C)(C)OC(=O)N(I)CCCCC(=O)O. The fourth-order valence-corrected chi connectivity index (χ4v) is 1.37. The van der Waals surface area contributed by atoms with E-state index in [4.69, 9.17) is 9.84 Å². The standard InChI is InChI=1S/C10H18INO4/c1-10(2,3)16-9(15)12(11)7-5-4-6-8(13)14/h4-7H2,1-3H3,(H,13,14). The Morgan fingerprint density at radius 2 is 1.88 bits per heavy atom. The first kappa shape index (κ1) is 15.5. The maximum atomic E-state index is 11.5. The number of unbranched alkanes of at least 4 members (excludes halogenated alkanes) is 1. The van der Waals surface area contributed by atoms with Crippen LogP contribution in [0.15, 0.2) is 0 Å². The maximum absolute atomic E-state index is 11.5. The van der Waals surface area contributed by atoms with Gasteiger partial charge in [-0.2, -0.15) is 0 Å². The minimum Gasteiger partial charge on any atom is -0.481 e. The highest BCUT2D eigenvalue weighted by Crippen LogP contribution is 2.13. The molecule has 0 aliphatic carbocycles. The molecule has 0 unspecified atom stereocenters. The van der Waals surface area contributed by atoms with E-state index in [1.54, 1.807) is 20.8 Å². The lowest BCUT2D eigenvalue weighted by molar-refractivity contribution is -0.137. The summed E-state index contributed by atoms with van der Waals surface area (Å²) < 4.78 is 6.58. The quantitative estimate of drug-likeness (QED) is 0.474. The number of halogens is 1. The Balaban J connectivity index is 3.76. The van der Waals surface area contributed by atoms with E-state index >= 15 is 0 Å². The summed E-state index contributed by atoms with van der Waals surface area (Å²) in [4.78, 5) is 21.7. The van der Waals surface area contributed by atoms with Crippen LogP contribution in [-0.2, 0) is 9.53 Å². The van der Waals surface area contributed by atoms with Crippen LogP contribution in [0.5, 0.6) is 0 Å². The van der Waals surface area contributed by atoms with Crippen molar-refractivity contribution in [3.05, 3.63) is 0 Å². The van der Waals surface area contributed by atoms with Gasteiger partial charge in [0, 0.05) is 13.0 Å². The predicted molar refractivity (Wildman–Crippen MR) is 68.4 cm³/mol. The third kappa shape index (κ3) is 8.75. The Kier molecular flexibility index (Phi) is 6.70. The van der Waals surface area contributed by atoms with Gasteiger partial charge in [0.15, 0.2) is 0 Å². The first-order chi connectivity index (χ1) is 7.22. The zero-order valence-corrected chi connectivity index (χ0v) is 12.0. The molecule has 0 atom stereocenters. The molecule has 0 fully saturated rings. The van der Waals surface area contributed by atoms with Crippen molar-refractivity contribution in [1.29, 1.82) is 0 Å². The van der Waals surface area contributed by atoms with E-state index in [1.165, 1.54) is 3.11 Å². The number of nitrogens with zero attached hydrogens (tertiary/aromatic N) is 1. The average molecular weight is 343 g/mol. The number of carbonyl (C=O) groups excluding carboxylic acids is 1. The summed E-state index contributed by atoms with van der Waals surface area (Å²) in [5.74, 6) is -0.808. The summed E-state index contributed by atoms with van der Waals surface area (Å²) in [5.41, 5.74) is -0.498. The minimum absolute atomic E-state index is 0.138. The molecule has 0 bridgehead atoms. The van der Waals surface area contributed by atoms with Crippen LogP contribution in [0, 0.1) is 0 Å². The second-order valence-electron chi connectivity index (χ2n) is 4.42. The molecule has 0 saturated heterocycles. The Labute approximate surface area is 110 Å². The summed E-state index contributed by atoms with van der Waals surface area (Å²) in [6, 6.07) is 0. The highest BCUT2D eigenvalue weighted by molar-refractivity contribution is 14.1. The third-order valence-electron chi connectivity index (χ3n) is 1.59. The monoisotopic (exact) mass is 343 g/mol. The molecule has 0 rings (SSSR count). The van der Waals surface area contributed by atoms with Crippen molar-refractivity contribution in [1.82, 2.24) is 3.11 Å². The molecule has 0 heterocycles. The number of carbonyl (C=O) groups is 2. The predicted octanol–water partition coefficient (Wildman–Crippen LogP) is 2.83. The van der Waals surface area contributed by atoms with E-state index in [2.05, 4.69) is 0 Å². The van der Waals surface area contributed by atoms with Crippen molar-refractivity contribution in [2.45, 2.75) is 45.6 Å². The fourth-order valence-electron chi connectivity index (χ4n) is 0.930. The van der Waals surface area contributed by atoms with Gasteiger partial charge < -0.3 is 9.84 Å². The van der Waals surface area contributed by atoms with E-state index in [9.17, 15) is 9.59 Å². The Morgan fingerprint density at radius 1 is 1.31 bits per heavy atom. The van der Waals surface area contributed by atoms with E-state index in [-0.39, 0.29) is 12.5 Å². The smallest absolute Gasteiger partial charge is 0.419 e. The number of carboxylic acids is 1. The van der Waals surface area contributed by atoms with Gasteiger partial charge in [-0.25, -0.2) is 7.91 Å². The maximum Gasteiger partial charge on any atom is 0.419 e. The molecule has 0 aromatic heterocycles. The molecule has 0 aromatic rings. The zero-order valence-electron chi connectivity index (χ0n) is 9.83. The summed E-state index contributed by atoms with van der Waals surface area (Å²) in [7, 11) is 0. The van der Waals surface area contributed by atoms with Crippen LogP contribution < -0.4 is 0 Å². The van der Waals surface area contributed by atoms with Crippen LogP contribution in [-0.4, -0.2) is 32.4 Å². The van der Waals surface area contributed by atoms with Crippen molar-refractivity contribution in [2.75, 3.05) is 6.54 Å². The first-order valence-electron chi connectivity index (χ1n) is 5.10. The van der Waals surface area contributed by atoms with E-state index < -0.39 is 11.6 Å². The van der Waals surface area contributed by atoms with E-state index in [0.29, 0.717) is 19.4 Å². The molecular formula is C10H18INO4. The number of hydrogen-bond donors (Lipinski definition) is 1. The molecule has 94 valence electrons. The number of amides is 1. The van der Waals surface area contributed by atoms with Crippen molar-refractivity contribution in [2.24, 2.45) is 0 Å². The van der Waals surface area contributed by atoms with Crippen LogP contribution in [0.1, 0.15) is 40.0 Å². The lowest BCUT2D eigenvalue weighted by Gasteiger charge is -2.23. The Bertz CT molecular complexity index is 250. The van der Waals surface area contributed by atoms with Gasteiger partial charge in [-0.15, -0.1) is 0 Å². The largest absolute Gasteiger partial charge is 0.481 e. The van der Waals surface area contributed by atoms with Gasteiger partial charge in [-0.05, 0) is 33.6 Å².